The van der Waals surface area contributed by atoms with Crippen molar-refractivity contribution in [2.45, 2.75) is 57.5 Å². The maximum Gasteiger partial charge on any atom is 0.416 e. The highest BCUT2D eigenvalue weighted by molar-refractivity contribution is 9.10. The molecule has 634 valence electrons. The Kier molecular flexibility index (Phi) is 23.3. The van der Waals surface area contributed by atoms with Gasteiger partial charge in [-0.25, -0.2) is 8.78 Å². The Labute approximate surface area is 736 Å². The van der Waals surface area contributed by atoms with E-state index in [0.29, 0.717) is 133 Å². The molecule has 12 aromatic rings. The second-order valence-electron chi connectivity index (χ2n) is 34.1. The number of piperidine rings is 4. The molecule has 8 amide bonds. The normalized spacial score (nSPS) is 17.9. The number of nitrogens with one attached hydrogen (secondary N) is 4. The molecule has 12 heterocycles. The molecule has 123 heavy (non-hydrogen) atoms. The van der Waals surface area contributed by atoms with E-state index < -0.39 is 11.7 Å². The van der Waals surface area contributed by atoms with Crippen LogP contribution in [0.2, 0.25) is 15.1 Å². The third-order valence-electron chi connectivity index (χ3n) is 25.8. The molecule has 8 fully saturated rings. The maximum absolute atomic E-state index is 13.1. The number of nitrogens with zero attached hydrogens (tertiary/aromatic N) is 8. The Morgan fingerprint density at radius 2 is 0.512 bits per heavy atom. The predicted octanol–water partition coefficient (Wildman–Crippen LogP) is 19.0. The standard InChI is InChI=1S/C24H21BrF3N3O2.C23H21BrFN3O2.C23H21Cl2N3O2.C23H21ClFN3O2/c25-18-6-3-16-11-20(29-19(16)12-18)22(33)31-13-23(14-31)7-9-30(10-8-23)21(32)15-1-4-17(5-2-15)24(26,27)28;24-17-4-1-16-11-20(26-19(16)12-17)22(30)28-13-23(14-28)7-9-27(10-8-23)21(29)15-2-5-18(25)6-3-15;24-17-4-1-15(2-5-17)21(29)27-9-7-23(8-10-27)13-28(14-23)22(30)20-11-16-3-6-18(25)12-19(16)26-20;24-17-4-1-16-11-20(26-19(16)12-17)22(30)28-13-23(14-28)7-9-27(10-8-23)21(29)15-2-5-18(25)6-3-15/h1-6,11-12,29H,7-10,13-14H2;3*1-6,11-12,26H,7-10,13-14H2. The van der Waals surface area contributed by atoms with Crippen LogP contribution in [0.4, 0.5) is 22.0 Å². The van der Waals surface area contributed by atoms with Gasteiger partial charge >= 0.3 is 6.18 Å². The van der Waals surface area contributed by atoms with E-state index in [9.17, 15) is 60.3 Å². The van der Waals surface area contributed by atoms with E-state index in [1.807, 2.05) is 131 Å². The molecule has 0 saturated carbocycles. The fourth-order valence-electron chi connectivity index (χ4n) is 18.5. The molecule has 0 aliphatic carbocycles. The Morgan fingerprint density at radius 3 is 0.772 bits per heavy atom. The summed E-state index contributed by atoms with van der Waals surface area (Å²) in [6, 6.07) is 53.1. The van der Waals surface area contributed by atoms with Crippen LogP contribution in [0.1, 0.15) is 140 Å². The van der Waals surface area contributed by atoms with Crippen LogP contribution in [0.5, 0.6) is 0 Å². The smallest absolute Gasteiger partial charge is 0.350 e. The number of likely N-dealkylation sites (tertiary alicyclic amines) is 8. The van der Waals surface area contributed by atoms with Crippen LogP contribution in [0.3, 0.4) is 0 Å². The molecular formula is C93H84Br2Cl3F5N12O8. The lowest BCUT2D eigenvalue weighted by atomic mass is 9.71. The molecule has 4 N–H and O–H groups in total. The number of H-pyrrole nitrogens is 4. The maximum atomic E-state index is 13.1. The van der Waals surface area contributed by atoms with E-state index in [2.05, 4.69) is 51.8 Å². The number of fused-ring (bicyclic) bond motifs is 4. The van der Waals surface area contributed by atoms with Crippen LogP contribution >= 0.6 is 66.7 Å². The summed E-state index contributed by atoms with van der Waals surface area (Å²) in [6.45, 7) is 10.8. The van der Waals surface area contributed by atoms with Crippen LogP contribution in [0.15, 0.2) is 203 Å². The van der Waals surface area contributed by atoms with Crippen LogP contribution in [0.25, 0.3) is 43.6 Å². The number of carbonyl (C=O) groups is 8. The summed E-state index contributed by atoms with van der Waals surface area (Å²) in [4.78, 5) is 130. The molecule has 4 spiro atoms. The molecule has 8 saturated heterocycles. The third kappa shape index (κ3) is 18.0. The van der Waals surface area contributed by atoms with Gasteiger partial charge in [-0.1, -0.05) is 90.9 Å². The Morgan fingerprint density at radius 1 is 0.285 bits per heavy atom. The van der Waals surface area contributed by atoms with Gasteiger partial charge in [0.05, 0.1) is 5.56 Å². The molecule has 0 atom stereocenters. The van der Waals surface area contributed by atoms with Crippen LogP contribution < -0.4 is 0 Å². The summed E-state index contributed by atoms with van der Waals surface area (Å²) in [5, 5.41) is 5.84. The van der Waals surface area contributed by atoms with Crippen molar-refractivity contribution in [3.63, 3.8) is 0 Å². The zero-order valence-electron chi connectivity index (χ0n) is 66.6. The number of hydrogen-bond donors (Lipinski definition) is 4. The second kappa shape index (κ2) is 34.0. The van der Waals surface area contributed by atoms with Gasteiger partial charge in [-0.3, -0.25) is 38.4 Å². The average Bonchev–Trinajstić information content (AvgIpc) is 1.61. The fourth-order valence-corrected chi connectivity index (χ4v) is 19.7. The molecule has 0 unspecified atom stereocenters. The minimum absolute atomic E-state index is 0.00161. The summed E-state index contributed by atoms with van der Waals surface area (Å²) in [5.74, 6) is -0.998. The highest BCUT2D eigenvalue weighted by Gasteiger charge is 2.52. The van der Waals surface area contributed by atoms with E-state index in [4.69, 9.17) is 34.8 Å². The van der Waals surface area contributed by atoms with Crippen molar-refractivity contribution in [2.75, 3.05) is 105 Å². The van der Waals surface area contributed by atoms with E-state index in [1.54, 1.807) is 29.2 Å². The number of halogens is 10. The predicted molar refractivity (Wildman–Crippen MR) is 468 cm³/mol. The first-order valence-electron chi connectivity index (χ1n) is 40.8. The van der Waals surface area contributed by atoms with Crippen molar-refractivity contribution < 1.29 is 60.3 Å². The number of rotatable bonds is 8. The summed E-state index contributed by atoms with van der Waals surface area (Å²) in [5.41, 5.74) is 7.42. The number of aromatic nitrogens is 4. The summed E-state index contributed by atoms with van der Waals surface area (Å²) < 4.78 is 66.3. The molecular weight excluding hydrogens is 1770 g/mol. The first-order valence-corrected chi connectivity index (χ1v) is 43.5. The summed E-state index contributed by atoms with van der Waals surface area (Å²) >= 11 is 24.9. The first-order chi connectivity index (χ1) is 58.9. The van der Waals surface area contributed by atoms with E-state index in [1.165, 1.54) is 60.7 Å². The van der Waals surface area contributed by atoms with E-state index in [-0.39, 0.29) is 86.1 Å². The van der Waals surface area contributed by atoms with Gasteiger partial charge in [0.25, 0.3) is 47.3 Å². The van der Waals surface area contributed by atoms with Crippen molar-refractivity contribution in [1.82, 2.24) is 59.1 Å². The lowest BCUT2D eigenvalue weighted by Crippen LogP contribution is -2.62. The summed E-state index contributed by atoms with van der Waals surface area (Å²) in [7, 11) is 0. The minimum atomic E-state index is -4.42. The molecule has 20 rings (SSSR count). The van der Waals surface area contributed by atoms with E-state index in [0.717, 1.165) is 142 Å². The minimum Gasteiger partial charge on any atom is -0.350 e. The zero-order valence-corrected chi connectivity index (χ0v) is 72.0. The number of hydrogen-bond acceptors (Lipinski definition) is 8. The largest absolute Gasteiger partial charge is 0.416 e. The molecule has 8 aromatic carbocycles. The van der Waals surface area contributed by atoms with E-state index >= 15 is 0 Å². The van der Waals surface area contributed by atoms with Crippen LogP contribution in [-0.2, 0) is 6.18 Å². The second-order valence-corrected chi connectivity index (χ2v) is 37.2. The molecule has 8 aliphatic heterocycles. The fraction of sp³-hybridized carbons (Fsp3) is 0.312. The van der Waals surface area contributed by atoms with Crippen molar-refractivity contribution >= 4 is 158 Å². The monoisotopic (exact) mass is 1850 g/mol. The van der Waals surface area contributed by atoms with Crippen LogP contribution in [0, 0.1) is 33.3 Å². The van der Waals surface area contributed by atoms with Crippen molar-refractivity contribution in [1.29, 1.82) is 0 Å². The number of alkyl halides is 3. The lowest BCUT2D eigenvalue weighted by Gasteiger charge is -2.53. The lowest BCUT2D eigenvalue weighted by molar-refractivity contribution is -0.137. The number of benzene rings is 8. The molecule has 4 aromatic heterocycles. The number of amides is 8. The third-order valence-corrected chi connectivity index (χ3v) is 27.5. The highest BCUT2D eigenvalue weighted by atomic mass is 79.9. The van der Waals surface area contributed by atoms with Gasteiger partial charge in [-0.05, 0) is 221 Å². The quantitative estimate of drug-likeness (QED) is 0.107. The average molecular weight is 1860 g/mol. The first kappa shape index (κ1) is 84.4. The van der Waals surface area contributed by atoms with Gasteiger partial charge in [-0.2, -0.15) is 13.2 Å². The summed E-state index contributed by atoms with van der Waals surface area (Å²) in [6.07, 6.45) is 2.43. The van der Waals surface area contributed by atoms with Gasteiger partial charge in [0.1, 0.15) is 34.4 Å². The molecule has 0 radical (unpaired) electrons. The van der Waals surface area contributed by atoms with Gasteiger partial charge < -0.3 is 59.1 Å². The highest BCUT2D eigenvalue weighted by Crippen LogP contribution is 2.46. The molecule has 0 bridgehead atoms. The molecule has 30 heteroatoms. The Bertz CT molecular complexity index is 5650. The Hall–Kier alpha value is -10.8. The number of aromatic amines is 4. The number of carbonyl (C=O) groups excluding carboxylic acids is 8. The molecule has 8 aliphatic rings. The SMILES string of the molecule is O=C(c1ccc(C(F)(F)F)cc1)N1CCC2(CC1)CN(C(=O)c1cc3ccc(Br)cc3[nH]1)C2.O=C(c1ccc(Cl)cc1)N1CCC2(CC1)CN(C(=O)c1cc3ccc(Cl)cc3[nH]1)C2.O=C(c1ccc(F)cc1)N1CCC2(CC1)CN(C(=O)c1cc3ccc(Br)cc3[nH]1)C2.O=C(c1ccc(F)cc1)N1CCC2(CC1)CN(C(=O)c1cc3ccc(Cl)cc3[nH]1)C2. The van der Waals surface area contributed by atoms with Gasteiger partial charge in [-0.15, -0.1) is 0 Å². The van der Waals surface area contributed by atoms with Crippen LogP contribution in [-0.4, -0.2) is 211 Å². The van der Waals surface area contributed by atoms with Crippen molar-refractivity contribution in [3.05, 3.63) is 280 Å². The Balaban J connectivity index is 0.000000116. The van der Waals surface area contributed by atoms with Gasteiger partial charge in [0.15, 0.2) is 0 Å². The zero-order chi connectivity index (χ0) is 86.0. The topological polar surface area (TPSA) is 226 Å². The van der Waals surface area contributed by atoms with Crippen molar-refractivity contribution in [3.8, 4) is 0 Å². The van der Waals surface area contributed by atoms with Crippen molar-refractivity contribution in [2.24, 2.45) is 21.7 Å². The van der Waals surface area contributed by atoms with Gasteiger partial charge in [0, 0.05) is 216 Å². The van der Waals surface area contributed by atoms with Gasteiger partial charge in [0.2, 0.25) is 0 Å². The molecule has 20 nitrogen and oxygen atoms in total.